The summed E-state index contributed by atoms with van der Waals surface area (Å²) in [6.07, 6.45) is 2.13. The van der Waals surface area contributed by atoms with E-state index in [4.69, 9.17) is 11.6 Å². The first-order valence-electron chi connectivity index (χ1n) is 3.83. The molecule has 0 bridgehead atoms. The third-order valence-electron chi connectivity index (χ3n) is 1.86. The lowest BCUT2D eigenvalue weighted by molar-refractivity contribution is 0.206. The van der Waals surface area contributed by atoms with E-state index in [0.29, 0.717) is 16.4 Å². The smallest absolute Gasteiger partial charge is 0.142 e. The van der Waals surface area contributed by atoms with Crippen LogP contribution in [0.5, 0.6) is 0 Å². The predicted molar refractivity (Wildman–Crippen MR) is 52.2 cm³/mol. The second-order valence-corrected chi connectivity index (χ2v) is 3.70. The number of hydrogen-bond acceptors (Lipinski definition) is 5. The van der Waals surface area contributed by atoms with Gasteiger partial charge in [0.2, 0.25) is 0 Å². The fourth-order valence-corrected chi connectivity index (χ4v) is 1.87. The van der Waals surface area contributed by atoms with Crippen LogP contribution in [0.25, 0.3) is 0 Å². The largest absolute Gasteiger partial charge is 0.380 e. The Bertz CT molecular complexity index is 407. The van der Waals surface area contributed by atoms with Crippen molar-refractivity contribution >= 4 is 23.3 Å². The molecule has 7 heteroatoms. The van der Waals surface area contributed by atoms with Gasteiger partial charge in [-0.1, -0.05) is 11.6 Å². The molecule has 0 saturated carbocycles. The summed E-state index contributed by atoms with van der Waals surface area (Å²) in [5.74, 6) is 0. The van der Waals surface area contributed by atoms with Crippen molar-refractivity contribution < 1.29 is 5.11 Å². The fourth-order valence-electron chi connectivity index (χ4n) is 1.16. The number of aliphatic hydroxyl groups is 1. The van der Waals surface area contributed by atoms with Crippen molar-refractivity contribution in [1.29, 1.82) is 0 Å². The van der Waals surface area contributed by atoms with Crippen molar-refractivity contribution in [3.05, 3.63) is 28.8 Å². The summed E-state index contributed by atoms with van der Waals surface area (Å²) in [6.45, 7) is 0. The highest BCUT2D eigenvalue weighted by Gasteiger charge is 2.20. The van der Waals surface area contributed by atoms with Crippen LogP contribution in [-0.4, -0.2) is 23.6 Å². The van der Waals surface area contributed by atoms with Gasteiger partial charge in [-0.05, 0) is 0 Å². The zero-order chi connectivity index (χ0) is 10.1. The molecular formula is C7H7ClN4OS. The summed E-state index contributed by atoms with van der Waals surface area (Å²) in [5, 5.41) is 14.2. The van der Waals surface area contributed by atoms with Gasteiger partial charge in [-0.25, -0.2) is 0 Å². The van der Waals surface area contributed by atoms with E-state index >= 15 is 0 Å². The number of aliphatic hydroxyl groups excluding tert-OH is 1. The van der Waals surface area contributed by atoms with Crippen molar-refractivity contribution in [3.63, 3.8) is 0 Å². The van der Waals surface area contributed by atoms with E-state index in [2.05, 4.69) is 13.8 Å². The van der Waals surface area contributed by atoms with Crippen LogP contribution >= 0.6 is 23.3 Å². The number of rotatable bonds is 2. The molecule has 2 aromatic rings. The molecule has 74 valence electrons. The van der Waals surface area contributed by atoms with Gasteiger partial charge in [0.25, 0.3) is 0 Å². The van der Waals surface area contributed by atoms with Crippen molar-refractivity contribution in [2.24, 2.45) is 7.05 Å². The molecule has 0 aliphatic carbocycles. The number of halogens is 1. The van der Waals surface area contributed by atoms with Crippen molar-refractivity contribution in [3.8, 4) is 0 Å². The average molecular weight is 231 g/mol. The molecule has 0 saturated heterocycles. The Morgan fingerprint density at radius 3 is 2.86 bits per heavy atom. The van der Waals surface area contributed by atoms with Gasteiger partial charge in [0.05, 0.1) is 34.8 Å². The van der Waals surface area contributed by atoms with E-state index in [1.165, 1.54) is 17.1 Å². The van der Waals surface area contributed by atoms with Crippen LogP contribution in [0.4, 0.5) is 0 Å². The number of hydrogen-bond donors (Lipinski definition) is 1. The maximum atomic E-state index is 9.89. The lowest BCUT2D eigenvalue weighted by atomic mass is 10.2. The Morgan fingerprint density at radius 1 is 1.57 bits per heavy atom. The molecule has 0 amide bonds. The minimum absolute atomic E-state index is 0.424. The van der Waals surface area contributed by atoms with Crippen molar-refractivity contribution in [1.82, 2.24) is 18.5 Å². The van der Waals surface area contributed by atoms with E-state index in [0.717, 1.165) is 11.7 Å². The second-order valence-electron chi connectivity index (χ2n) is 2.74. The minimum Gasteiger partial charge on any atom is -0.380 e. The van der Waals surface area contributed by atoms with E-state index in [1.807, 2.05) is 0 Å². The Kier molecular flexibility index (Phi) is 2.49. The van der Waals surface area contributed by atoms with Crippen LogP contribution < -0.4 is 0 Å². The molecule has 5 nitrogen and oxygen atoms in total. The quantitative estimate of drug-likeness (QED) is 0.836. The molecule has 0 aromatic carbocycles. The number of nitrogens with zero attached hydrogens (tertiary/aromatic N) is 4. The van der Waals surface area contributed by atoms with Gasteiger partial charge in [0.1, 0.15) is 11.8 Å². The van der Waals surface area contributed by atoms with Gasteiger partial charge in [-0.2, -0.15) is 13.8 Å². The fraction of sp³-hybridized carbons (Fsp3) is 0.286. The van der Waals surface area contributed by atoms with Crippen LogP contribution in [0.1, 0.15) is 17.5 Å². The summed E-state index contributed by atoms with van der Waals surface area (Å²) in [5.41, 5.74) is 1.01. The van der Waals surface area contributed by atoms with Crippen LogP contribution in [0.3, 0.4) is 0 Å². The molecule has 2 aromatic heterocycles. The number of aromatic nitrogens is 4. The summed E-state index contributed by atoms with van der Waals surface area (Å²) < 4.78 is 9.27. The van der Waals surface area contributed by atoms with Crippen LogP contribution in [0, 0.1) is 0 Å². The summed E-state index contributed by atoms with van der Waals surface area (Å²) in [7, 11) is 1.71. The first-order valence-corrected chi connectivity index (χ1v) is 4.94. The highest BCUT2D eigenvalue weighted by Crippen LogP contribution is 2.26. The monoisotopic (exact) mass is 230 g/mol. The van der Waals surface area contributed by atoms with Crippen molar-refractivity contribution in [2.75, 3.05) is 0 Å². The van der Waals surface area contributed by atoms with Gasteiger partial charge in [-0.3, -0.25) is 4.68 Å². The van der Waals surface area contributed by atoms with Gasteiger partial charge < -0.3 is 5.11 Å². The van der Waals surface area contributed by atoms with E-state index in [9.17, 15) is 5.11 Å². The number of aryl methyl sites for hydroxylation is 1. The summed E-state index contributed by atoms with van der Waals surface area (Å²) >= 11 is 6.91. The molecule has 0 aliphatic heterocycles. The molecule has 0 radical (unpaired) electrons. The topological polar surface area (TPSA) is 63.8 Å². The lowest BCUT2D eigenvalue weighted by Crippen LogP contribution is -2.07. The van der Waals surface area contributed by atoms with Crippen LogP contribution in [0.15, 0.2) is 12.4 Å². The zero-order valence-corrected chi connectivity index (χ0v) is 8.83. The summed E-state index contributed by atoms with van der Waals surface area (Å²) in [6, 6.07) is 0. The molecule has 14 heavy (non-hydrogen) atoms. The SMILES string of the molecule is Cn1ncc(Cl)c1C(O)c1cnsn1. The maximum absolute atomic E-state index is 9.89. The maximum Gasteiger partial charge on any atom is 0.142 e. The Balaban J connectivity index is 2.41. The van der Waals surface area contributed by atoms with E-state index in [-0.39, 0.29) is 0 Å². The van der Waals surface area contributed by atoms with Crippen LogP contribution in [0.2, 0.25) is 5.02 Å². The molecule has 0 fully saturated rings. The lowest BCUT2D eigenvalue weighted by Gasteiger charge is -2.07. The van der Waals surface area contributed by atoms with E-state index in [1.54, 1.807) is 7.05 Å². The predicted octanol–water partition coefficient (Wildman–Crippen LogP) is 1.01. The van der Waals surface area contributed by atoms with Gasteiger partial charge >= 0.3 is 0 Å². The third kappa shape index (κ3) is 1.52. The molecule has 2 rings (SSSR count). The normalized spacial score (nSPS) is 13.1. The molecule has 0 spiro atoms. The average Bonchev–Trinajstić information content (AvgIpc) is 2.75. The Hall–Kier alpha value is -0.980. The molecular weight excluding hydrogens is 224 g/mol. The molecule has 2 heterocycles. The molecule has 1 unspecified atom stereocenters. The second kappa shape index (κ2) is 3.64. The first-order chi connectivity index (χ1) is 6.70. The highest BCUT2D eigenvalue weighted by molar-refractivity contribution is 6.99. The van der Waals surface area contributed by atoms with Crippen LogP contribution in [-0.2, 0) is 7.05 Å². The first kappa shape index (κ1) is 9.57. The Morgan fingerprint density at radius 2 is 2.36 bits per heavy atom. The van der Waals surface area contributed by atoms with E-state index < -0.39 is 6.10 Å². The Labute approximate surface area is 89.3 Å². The summed E-state index contributed by atoms with van der Waals surface area (Å²) in [4.78, 5) is 0. The standard InChI is InChI=1S/C7H7ClN4OS/c1-12-6(4(8)2-9-12)7(13)5-3-10-14-11-5/h2-3,7,13H,1H3. The van der Waals surface area contributed by atoms with Gasteiger partial charge in [-0.15, -0.1) is 0 Å². The molecule has 1 N–H and O–H groups in total. The molecule has 1 atom stereocenters. The zero-order valence-electron chi connectivity index (χ0n) is 7.25. The third-order valence-corrected chi connectivity index (χ3v) is 2.64. The van der Waals surface area contributed by atoms with Gasteiger partial charge in [0.15, 0.2) is 0 Å². The van der Waals surface area contributed by atoms with Gasteiger partial charge in [0, 0.05) is 7.05 Å². The molecule has 0 aliphatic rings. The van der Waals surface area contributed by atoms with Crippen molar-refractivity contribution in [2.45, 2.75) is 6.10 Å². The highest BCUT2D eigenvalue weighted by atomic mass is 35.5. The minimum atomic E-state index is -0.867.